The van der Waals surface area contributed by atoms with Gasteiger partial charge in [-0.05, 0) is 24.3 Å². The van der Waals surface area contributed by atoms with Crippen LogP contribution in [0.3, 0.4) is 0 Å². The third kappa shape index (κ3) is 2.51. The number of carbonyl (C=O) groups excluding carboxylic acids is 1. The van der Waals surface area contributed by atoms with Crippen LogP contribution in [0.5, 0.6) is 5.75 Å². The predicted octanol–water partition coefficient (Wildman–Crippen LogP) is 1.76. The molecule has 1 aromatic carbocycles. The first-order valence-electron chi connectivity index (χ1n) is 5.55. The zero-order chi connectivity index (χ0) is 13.0. The van der Waals surface area contributed by atoms with E-state index in [1.54, 1.807) is 18.3 Å². The Morgan fingerprint density at radius 3 is 3.00 bits per heavy atom. The number of nitrogen functional groups attached to an aromatic ring is 1. The van der Waals surface area contributed by atoms with Crippen LogP contribution in [0.4, 0.5) is 5.69 Å². The number of nitrogens with two attached hydrogens (primary N) is 1. The quantitative estimate of drug-likeness (QED) is 0.657. The number of esters is 1. The third-order valence-electron chi connectivity index (χ3n) is 2.56. The summed E-state index contributed by atoms with van der Waals surface area (Å²) in [4.78, 5) is 15.2. The van der Waals surface area contributed by atoms with Crippen LogP contribution in [0.2, 0.25) is 0 Å². The summed E-state index contributed by atoms with van der Waals surface area (Å²) in [5.74, 6) is 0.311. The number of aromatic nitrogens is 1. The third-order valence-corrected chi connectivity index (χ3v) is 2.56. The lowest BCUT2D eigenvalue weighted by molar-refractivity contribution is -0.141. The average Bonchev–Trinajstić information content (AvgIpc) is 2.41. The smallest absolute Gasteiger partial charge is 0.308 e. The topological polar surface area (TPSA) is 74.4 Å². The van der Waals surface area contributed by atoms with Gasteiger partial charge < -0.3 is 15.2 Å². The molecule has 0 amide bonds. The molecule has 18 heavy (non-hydrogen) atoms. The van der Waals surface area contributed by atoms with E-state index in [4.69, 9.17) is 10.5 Å². The Morgan fingerprint density at radius 2 is 2.22 bits per heavy atom. The number of anilines is 1. The van der Waals surface area contributed by atoms with Crippen molar-refractivity contribution >= 4 is 22.6 Å². The van der Waals surface area contributed by atoms with E-state index in [0.717, 1.165) is 5.39 Å². The number of fused-ring (bicyclic) bond motifs is 1. The maximum atomic E-state index is 11.0. The fraction of sp³-hybridized carbons (Fsp3) is 0.231. The van der Waals surface area contributed by atoms with Gasteiger partial charge in [0.05, 0.1) is 20.1 Å². The van der Waals surface area contributed by atoms with E-state index >= 15 is 0 Å². The highest BCUT2D eigenvalue weighted by molar-refractivity contribution is 5.94. The number of pyridine rings is 1. The number of rotatable bonds is 4. The van der Waals surface area contributed by atoms with Gasteiger partial charge in [-0.3, -0.25) is 9.78 Å². The lowest BCUT2D eigenvalue weighted by atomic mass is 10.2. The molecule has 2 aromatic rings. The van der Waals surface area contributed by atoms with E-state index in [-0.39, 0.29) is 19.0 Å². The molecule has 1 aromatic heterocycles. The Hall–Kier alpha value is -2.30. The van der Waals surface area contributed by atoms with E-state index < -0.39 is 0 Å². The SMILES string of the molecule is COC(=O)CCOc1ccc(N)c2cccnc12. The van der Waals surface area contributed by atoms with Gasteiger partial charge in [0.1, 0.15) is 11.3 Å². The summed E-state index contributed by atoms with van der Waals surface area (Å²) in [5.41, 5.74) is 7.20. The van der Waals surface area contributed by atoms with Gasteiger partial charge in [-0.15, -0.1) is 0 Å². The van der Waals surface area contributed by atoms with Crippen LogP contribution in [0.1, 0.15) is 6.42 Å². The summed E-state index contributed by atoms with van der Waals surface area (Å²) in [7, 11) is 1.35. The van der Waals surface area contributed by atoms with Gasteiger partial charge in [-0.1, -0.05) is 0 Å². The average molecular weight is 246 g/mol. The van der Waals surface area contributed by atoms with E-state index in [1.807, 2.05) is 12.1 Å². The number of methoxy groups -OCH3 is 1. The fourth-order valence-corrected chi connectivity index (χ4v) is 1.63. The Kier molecular flexibility index (Phi) is 3.62. The maximum absolute atomic E-state index is 11.0. The van der Waals surface area contributed by atoms with Crippen LogP contribution in [-0.2, 0) is 9.53 Å². The lowest BCUT2D eigenvalue weighted by Crippen LogP contribution is -2.08. The van der Waals surface area contributed by atoms with Crippen molar-refractivity contribution in [1.29, 1.82) is 0 Å². The van der Waals surface area contributed by atoms with E-state index in [9.17, 15) is 4.79 Å². The van der Waals surface area contributed by atoms with Crippen molar-refractivity contribution in [3.05, 3.63) is 30.5 Å². The lowest BCUT2D eigenvalue weighted by Gasteiger charge is -2.09. The summed E-state index contributed by atoms with van der Waals surface area (Å²) in [5, 5.41) is 0.841. The van der Waals surface area contributed by atoms with Gasteiger partial charge in [-0.2, -0.15) is 0 Å². The Labute approximate surface area is 105 Å². The van der Waals surface area contributed by atoms with Crippen molar-refractivity contribution in [2.45, 2.75) is 6.42 Å². The van der Waals surface area contributed by atoms with Crippen LogP contribution in [0.15, 0.2) is 30.5 Å². The zero-order valence-corrected chi connectivity index (χ0v) is 10.1. The molecule has 1 heterocycles. The monoisotopic (exact) mass is 246 g/mol. The van der Waals surface area contributed by atoms with E-state index in [2.05, 4.69) is 9.72 Å². The summed E-state index contributed by atoms with van der Waals surface area (Å²) in [6.45, 7) is 0.252. The summed E-state index contributed by atoms with van der Waals surface area (Å²) in [6, 6.07) is 7.21. The van der Waals surface area contributed by atoms with Crippen molar-refractivity contribution in [2.24, 2.45) is 0 Å². The minimum atomic E-state index is -0.303. The molecule has 0 fully saturated rings. The van der Waals surface area contributed by atoms with Gasteiger partial charge in [0.15, 0.2) is 0 Å². The van der Waals surface area contributed by atoms with E-state index in [0.29, 0.717) is 17.0 Å². The van der Waals surface area contributed by atoms with Crippen molar-refractivity contribution in [3.8, 4) is 5.75 Å². The number of hydrogen-bond donors (Lipinski definition) is 1. The number of carbonyl (C=O) groups is 1. The first kappa shape index (κ1) is 12.2. The minimum Gasteiger partial charge on any atom is -0.491 e. The Bertz CT molecular complexity index is 569. The molecule has 0 radical (unpaired) electrons. The standard InChI is InChI=1S/C13H14N2O3/c1-17-12(16)6-8-18-11-5-4-10(14)9-3-2-7-15-13(9)11/h2-5,7H,6,8,14H2,1H3. The predicted molar refractivity (Wildman–Crippen MR) is 68.3 cm³/mol. The second kappa shape index (κ2) is 5.35. The summed E-state index contributed by atoms with van der Waals surface area (Å²) < 4.78 is 10.1. The van der Waals surface area contributed by atoms with Crippen LogP contribution in [0.25, 0.3) is 10.9 Å². The second-order valence-corrected chi connectivity index (χ2v) is 3.73. The van der Waals surface area contributed by atoms with Gasteiger partial charge in [-0.25, -0.2) is 0 Å². The van der Waals surface area contributed by atoms with Crippen LogP contribution in [-0.4, -0.2) is 24.7 Å². The molecule has 0 bridgehead atoms. The Balaban J connectivity index is 2.18. The molecule has 5 heteroatoms. The largest absolute Gasteiger partial charge is 0.491 e. The molecule has 0 saturated carbocycles. The first-order chi connectivity index (χ1) is 8.72. The maximum Gasteiger partial charge on any atom is 0.308 e. The number of ether oxygens (including phenoxy) is 2. The molecule has 0 spiro atoms. The number of benzene rings is 1. The molecule has 94 valence electrons. The minimum absolute atomic E-state index is 0.204. The highest BCUT2D eigenvalue weighted by atomic mass is 16.5. The van der Waals surface area contributed by atoms with Crippen molar-refractivity contribution in [1.82, 2.24) is 4.98 Å². The molecule has 5 nitrogen and oxygen atoms in total. The van der Waals surface area contributed by atoms with Crippen LogP contribution < -0.4 is 10.5 Å². The molecule has 2 N–H and O–H groups in total. The number of nitrogens with zero attached hydrogens (tertiary/aromatic N) is 1. The van der Waals surface area contributed by atoms with Gasteiger partial charge >= 0.3 is 5.97 Å². The summed E-state index contributed by atoms with van der Waals surface area (Å²) >= 11 is 0. The molecule has 0 aliphatic heterocycles. The number of hydrogen-bond acceptors (Lipinski definition) is 5. The second-order valence-electron chi connectivity index (χ2n) is 3.73. The van der Waals surface area contributed by atoms with E-state index in [1.165, 1.54) is 7.11 Å². The molecule has 0 unspecified atom stereocenters. The van der Waals surface area contributed by atoms with Crippen LogP contribution >= 0.6 is 0 Å². The molecule has 0 atom stereocenters. The molecule has 0 aliphatic rings. The molecular formula is C13H14N2O3. The first-order valence-corrected chi connectivity index (χ1v) is 5.55. The highest BCUT2D eigenvalue weighted by Crippen LogP contribution is 2.27. The van der Waals surface area contributed by atoms with Gasteiger partial charge in [0, 0.05) is 17.3 Å². The molecule has 0 aliphatic carbocycles. The summed E-state index contributed by atoms with van der Waals surface area (Å²) in [6.07, 6.45) is 1.88. The molecule has 0 saturated heterocycles. The molecular weight excluding hydrogens is 232 g/mol. The van der Waals surface area contributed by atoms with Crippen molar-refractivity contribution in [2.75, 3.05) is 19.5 Å². The van der Waals surface area contributed by atoms with Crippen LogP contribution in [0, 0.1) is 0 Å². The zero-order valence-electron chi connectivity index (χ0n) is 10.1. The van der Waals surface area contributed by atoms with Gasteiger partial charge in [0.2, 0.25) is 0 Å². The Morgan fingerprint density at radius 1 is 1.39 bits per heavy atom. The van der Waals surface area contributed by atoms with Crippen molar-refractivity contribution < 1.29 is 14.3 Å². The normalized spacial score (nSPS) is 10.3. The molecule has 2 rings (SSSR count). The van der Waals surface area contributed by atoms with Gasteiger partial charge in [0.25, 0.3) is 0 Å². The highest BCUT2D eigenvalue weighted by Gasteiger charge is 2.07. The van der Waals surface area contributed by atoms with Crippen molar-refractivity contribution in [3.63, 3.8) is 0 Å². The fourth-order valence-electron chi connectivity index (χ4n) is 1.63.